The van der Waals surface area contributed by atoms with Crippen LogP contribution in [0.2, 0.25) is 0 Å². The van der Waals surface area contributed by atoms with Crippen LogP contribution in [0.5, 0.6) is 0 Å². The monoisotopic (exact) mass is 233 g/mol. The highest BCUT2D eigenvalue weighted by Crippen LogP contribution is 2.47. The van der Waals surface area contributed by atoms with Gasteiger partial charge in [-0.2, -0.15) is 0 Å². The van der Waals surface area contributed by atoms with Crippen molar-refractivity contribution in [3.8, 4) is 0 Å². The van der Waals surface area contributed by atoms with E-state index in [4.69, 9.17) is 4.74 Å². The molecule has 1 aliphatic carbocycles. The van der Waals surface area contributed by atoms with Gasteiger partial charge in [0.05, 0.1) is 7.11 Å². The van der Waals surface area contributed by atoms with E-state index < -0.39 is 0 Å². The van der Waals surface area contributed by atoms with Crippen molar-refractivity contribution in [2.45, 2.75) is 18.8 Å². The minimum atomic E-state index is -0.232. The Balaban J connectivity index is 2.26. The maximum absolute atomic E-state index is 11.7. The average Bonchev–Trinajstić information content (AvgIpc) is 3.08. The van der Waals surface area contributed by atoms with Crippen molar-refractivity contribution in [2.24, 2.45) is 0 Å². The fourth-order valence-corrected chi connectivity index (χ4v) is 3.12. The lowest BCUT2D eigenvalue weighted by atomic mass is 10.1. The minimum absolute atomic E-state index is 0.232. The van der Waals surface area contributed by atoms with Crippen LogP contribution in [0, 0.1) is 0 Å². The van der Waals surface area contributed by atoms with E-state index in [0.717, 1.165) is 20.7 Å². The first-order valence-electron chi connectivity index (χ1n) is 5.27. The molecule has 0 saturated heterocycles. The Morgan fingerprint density at radius 3 is 3.06 bits per heavy atom. The van der Waals surface area contributed by atoms with Gasteiger partial charge in [-0.05, 0) is 30.4 Å². The Labute approximate surface area is 97.1 Å². The van der Waals surface area contributed by atoms with Gasteiger partial charge in [0.1, 0.15) is 9.71 Å². The summed E-state index contributed by atoms with van der Waals surface area (Å²) >= 11 is 1.44. The fraction of sp³-hybridized carbons (Fsp3) is 0.333. The summed E-state index contributed by atoms with van der Waals surface area (Å²) in [6.07, 6.45) is 4.10. The van der Waals surface area contributed by atoms with Gasteiger partial charge in [0, 0.05) is 11.6 Å². The second kappa shape index (κ2) is 3.56. The molecule has 82 valence electrons. The summed E-state index contributed by atoms with van der Waals surface area (Å²) in [7, 11) is 1.43. The molecule has 4 heteroatoms. The highest BCUT2D eigenvalue weighted by atomic mass is 32.1. The first-order valence-corrected chi connectivity index (χ1v) is 6.08. The van der Waals surface area contributed by atoms with Crippen LogP contribution >= 0.6 is 11.3 Å². The van der Waals surface area contributed by atoms with Crippen molar-refractivity contribution in [1.29, 1.82) is 0 Å². The summed E-state index contributed by atoms with van der Waals surface area (Å²) in [5.74, 6) is 0.303. The largest absolute Gasteiger partial charge is 0.465 e. The van der Waals surface area contributed by atoms with Crippen LogP contribution in [-0.4, -0.2) is 18.1 Å². The predicted molar refractivity (Wildman–Crippen MR) is 62.9 cm³/mol. The lowest BCUT2D eigenvalue weighted by Gasteiger charge is -2.00. The van der Waals surface area contributed by atoms with Gasteiger partial charge in [0.2, 0.25) is 0 Å². The van der Waals surface area contributed by atoms with E-state index >= 15 is 0 Å². The molecule has 0 aliphatic heterocycles. The summed E-state index contributed by atoms with van der Waals surface area (Å²) in [6, 6.07) is 3.96. The number of methoxy groups -OCH3 is 1. The standard InChI is InChI=1S/C12H11NO2S/c1-15-12(14)10-9(7-4-5-7)8-3-2-6-13-11(8)16-10/h2-3,6-7H,4-5H2,1H3. The molecule has 1 aliphatic rings. The van der Waals surface area contributed by atoms with Gasteiger partial charge in [0.15, 0.2) is 0 Å². The van der Waals surface area contributed by atoms with Gasteiger partial charge in [-0.3, -0.25) is 0 Å². The first-order chi connectivity index (χ1) is 7.81. The predicted octanol–water partition coefficient (Wildman–Crippen LogP) is 2.96. The third-order valence-corrected chi connectivity index (χ3v) is 3.97. The van der Waals surface area contributed by atoms with E-state index in [0.29, 0.717) is 5.92 Å². The number of thiophene rings is 1. The number of ether oxygens (including phenoxy) is 1. The Bertz CT molecular complexity index is 557. The van der Waals surface area contributed by atoms with Gasteiger partial charge in [-0.25, -0.2) is 9.78 Å². The second-order valence-corrected chi connectivity index (χ2v) is 4.97. The van der Waals surface area contributed by atoms with E-state index in [2.05, 4.69) is 4.98 Å². The van der Waals surface area contributed by atoms with Crippen molar-refractivity contribution in [2.75, 3.05) is 7.11 Å². The van der Waals surface area contributed by atoms with Crippen molar-refractivity contribution in [3.63, 3.8) is 0 Å². The smallest absolute Gasteiger partial charge is 0.348 e. The quantitative estimate of drug-likeness (QED) is 0.748. The van der Waals surface area contributed by atoms with Gasteiger partial charge < -0.3 is 4.74 Å². The van der Waals surface area contributed by atoms with Crippen molar-refractivity contribution in [3.05, 3.63) is 28.8 Å². The molecule has 0 N–H and O–H groups in total. The molecular formula is C12H11NO2S. The Morgan fingerprint density at radius 1 is 1.56 bits per heavy atom. The molecular weight excluding hydrogens is 222 g/mol. The summed E-state index contributed by atoms with van der Waals surface area (Å²) in [6.45, 7) is 0. The second-order valence-electron chi connectivity index (χ2n) is 3.97. The maximum atomic E-state index is 11.7. The molecule has 0 aromatic carbocycles. The minimum Gasteiger partial charge on any atom is -0.465 e. The normalized spacial score (nSPS) is 15.3. The zero-order valence-corrected chi connectivity index (χ0v) is 9.71. The molecule has 1 saturated carbocycles. The van der Waals surface area contributed by atoms with Crippen LogP contribution in [0.1, 0.15) is 34.0 Å². The molecule has 0 spiro atoms. The molecule has 2 aromatic heterocycles. The summed E-state index contributed by atoms with van der Waals surface area (Å²) < 4.78 is 4.83. The molecule has 2 heterocycles. The molecule has 2 aromatic rings. The number of pyridine rings is 1. The van der Waals surface area contributed by atoms with Crippen LogP contribution in [0.4, 0.5) is 0 Å². The van der Waals surface area contributed by atoms with E-state index in [1.165, 1.54) is 31.3 Å². The van der Waals surface area contributed by atoms with Gasteiger partial charge >= 0.3 is 5.97 Å². The molecule has 0 radical (unpaired) electrons. The number of hydrogen-bond donors (Lipinski definition) is 0. The summed E-state index contributed by atoms with van der Waals surface area (Å²) in [4.78, 5) is 17.7. The van der Waals surface area contributed by atoms with E-state index in [1.807, 2.05) is 12.1 Å². The number of fused-ring (bicyclic) bond motifs is 1. The third-order valence-electron chi connectivity index (χ3n) is 2.86. The van der Waals surface area contributed by atoms with E-state index in [-0.39, 0.29) is 5.97 Å². The molecule has 0 atom stereocenters. The molecule has 1 fully saturated rings. The summed E-state index contributed by atoms with van der Waals surface area (Å²) in [5.41, 5.74) is 1.15. The van der Waals surface area contributed by atoms with Gasteiger partial charge in [-0.1, -0.05) is 6.07 Å². The van der Waals surface area contributed by atoms with Gasteiger partial charge in [0.25, 0.3) is 0 Å². The molecule has 16 heavy (non-hydrogen) atoms. The molecule has 0 bridgehead atoms. The number of nitrogens with zero attached hydrogens (tertiary/aromatic N) is 1. The topological polar surface area (TPSA) is 39.2 Å². The van der Waals surface area contributed by atoms with E-state index in [9.17, 15) is 4.79 Å². The average molecular weight is 233 g/mol. The Kier molecular flexibility index (Phi) is 2.17. The van der Waals surface area contributed by atoms with E-state index in [1.54, 1.807) is 6.20 Å². The van der Waals surface area contributed by atoms with Crippen LogP contribution in [0.3, 0.4) is 0 Å². The maximum Gasteiger partial charge on any atom is 0.348 e. The summed E-state index contributed by atoms with van der Waals surface area (Å²) in [5, 5.41) is 1.12. The highest BCUT2D eigenvalue weighted by molar-refractivity contribution is 7.20. The van der Waals surface area contributed by atoms with Crippen molar-refractivity contribution >= 4 is 27.5 Å². The number of rotatable bonds is 2. The molecule has 0 amide bonds. The number of aromatic nitrogens is 1. The van der Waals surface area contributed by atoms with Crippen molar-refractivity contribution < 1.29 is 9.53 Å². The highest BCUT2D eigenvalue weighted by Gasteiger charge is 2.32. The number of esters is 1. The molecule has 0 unspecified atom stereocenters. The number of carbonyl (C=O) groups excluding carboxylic acids is 1. The third kappa shape index (κ3) is 1.41. The molecule has 3 nitrogen and oxygen atoms in total. The number of hydrogen-bond acceptors (Lipinski definition) is 4. The van der Waals surface area contributed by atoms with Crippen LogP contribution in [0.15, 0.2) is 18.3 Å². The zero-order valence-electron chi connectivity index (χ0n) is 8.90. The van der Waals surface area contributed by atoms with Gasteiger partial charge in [-0.15, -0.1) is 11.3 Å². The number of carbonyl (C=O) groups is 1. The van der Waals surface area contributed by atoms with Crippen LogP contribution < -0.4 is 0 Å². The van der Waals surface area contributed by atoms with Crippen LogP contribution in [0.25, 0.3) is 10.2 Å². The Hall–Kier alpha value is -1.42. The Morgan fingerprint density at radius 2 is 2.38 bits per heavy atom. The fourth-order valence-electron chi connectivity index (χ4n) is 1.97. The van der Waals surface area contributed by atoms with Crippen molar-refractivity contribution in [1.82, 2.24) is 4.98 Å². The lowest BCUT2D eigenvalue weighted by Crippen LogP contribution is -2.01. The zero-order chi connectivity index (χ0) is 11.1. The first kappa shape index (κ1) is 9.78. The lowest BCUT2D eigenvalue weighted by molar-refractivity contribution is 0.0605. The SMILES string of the molecule is COC(=O)c1sc2ncccc2c1C1CC1. The van der Waals surface area contributed by atoms with Crippen LogP contribution in [-0.2, 0) is 4.74 Å². The molecule has 3 rings (SSSR count).